The van der Waals surface area contributed by atoms with Crippen molar-refractivity contribution in [2.24, 2.45) is 5.73 Å². The summed E-state index contributed by atoms with van der Waals surface area (Å²) in [5.41, 5.74) is 7.27. The van der Waals surface area contributed by atoms with E-state index in [4.69, 9.17) is 5.73 Å². The molecule has 0 saturated heterocycles. The van der Waals surface area contributed by atoms with E-state index < -0.39 is 11.9 Å². The normalized spacial score (nSPS) is 11.5. The molecule has 0 spiro atoms. The molecule has 0 amide bonds. The second kappa shape index (κ2) is 6.31. The SMILES string of the molecule is Cc1ccc(-c2cc(C(F)(F)F)nc(NCCN)n2)cc1C. The fraction of sp³-hybridized carbons (Fsp3) is 0.333. The molecule has 0 fully saturated rings. The largest absolute Gasteiger partial charge is 0.433 e. The maximum absolute atomic E-state index is 13.0. The molecule has 2 aromatic rings. The molecular formula is C15H17F3N4. The van der Waals surface area contributed by atoms with Crippen LogP contribution in [0.3, 0.4) is 0 Å². The fourth-order valence-corrected chi connectivity index (χ4v) is 1.90. The van der Waals surface area contributed by atoms with Crippen molar-refractivity contribution < 1.29 is 13.2 Å². The lowest BCUT2D eigenvalue weighted by atomic mass is 10.0. The van der Waals surface area contributed by atoms with Crippen molar-refractivity contribution in [1.29, 1.82) is 0 Å². The van der Waals surface area contributed by atoms with Gasteiger partial charge in [0.2, 0.25) is 5.95 Å². The predicted octanol–water partition coefficient (Wildman–Crippen LogP) is 3.15. The van der Waals surface area contributed by atoms with Crippen LogP contribution in [0, 0.1) is 13.8 Å². The Bertz CT molecular complexity index is 668. The van der Waals surface area contributed by atoms with E-state index in [1.165, 1.54) is 0 Å². The molecule has 4 nitrogen and oxygen atoms in total. The first-order valence-corrected chi connectivity index (χ1v) is 6.79. The van der Waals surface area contributed by atoms with Gasteiger partial charge in [-0.3, -0.25) is 0 Å². The van der Waals surface area contributed by atoms with E-state index in [0.29, 0.717) is 12.1 Å². The van der Waals surface area contributed by atoms with Crippen LogP contribution in [0.2, 0.25) is 0 Å². The van der Waals surface area contributed by atoms with Gasteiger partial charge < -0.3 is 11.1 Å². The highest BCUT2D eigenvalue weighted by molar-refractivity contribution is 5.62. The molecule has 0 saturated carbocycles. The van der Waals surface area contributed by atoms with Crippen molar-refractivity contribution >= 4 is 5.95 Å². The molecule has 1 aromatic carbocycles. The lowest BCUT2D eigenvalue weighted by molar-refractivity contribution is -0.141. The first kappa shape index (κ1) is 16.2. The zero-order chi connectivity index (χ0) is 16.3. The van der Waals surface area contributed by atoms with Gasteiger partial charge in [-0.1, -0.05) is 12.1 Å². The number of benzene rings is 1. The van der Waals surface area contributed by atoms with Gasteiger partial charge in [-0.25, -0.2) is 9.97 Å². The Morgan fingerprint density at radius 2 is 1.82 bits per heavy atom. The first-order chi connectivity index (χ1) is 10.3. The minimum absolute atomic E-state index is 0.0755. The van der Waals surface area contributed by atoms with Gasteiger partial charge in [-0.15, -0.1) is 0 Å². The minimum Gasteiger partial charge on any atom is -0.353 e. The molecule has 0 atom stereocenters. The lowest BCUT2D eigenvalue weighted by Gasteiger charge is -2.12. The summed E-state index contributed by atoms with van der Waals surface area (Å²) in [6.07, 6.45) is -4.53. The molecule has 22 heavy (non-hydrogen) atoms. The standard InChI is InChI=1S/C15H17F3N4/c1-9-3-4-11(7-10(9)2)12-8-13(15(16,17)18)22-14(21-12)20-6-5-19/h3-4,7-8H,5-6,19H2,1-2H3,(H,20,21,22). The Kier molecular flexibility index (Phi) is 4.65. The van der Waals surface area contributed by atoms with Gasteiger partial charge in [0.1, 0.15) is 0 Å². The topological polar surface area (TPSA) is 63.8 Å². The molecule has 1 aromatic heterocycles. The molecule has 7 heteroatoms. The van der Waals surface area contributed by atoms with Crippen molar-refractivity contribution in [3.05, 3.63) is 41.1 Å². The van der Waals surface area contributed by atoms with Crippen LogP contribution in [0.5, 0.6) is 0 Å². The number of anilines is 1. The summed E-state index contributed by atoms with van der Waals surface area (Å²) in [4.78, 5) is 7.65. The molecule has 0 unspecified atom stereocenters. The van der Waals surface area contributed by atoms with Crippen LogP contribution in [0.15, 0.2) is 24.3 Å². The van der Waals surface area contributed by atoms with E-state index in [2.05, 4.69) is 15.3 Å². The van der Waals surface area contributed by atoms with Crippen LogP contribution in [0.1, 0.15) is 16.8 Å². The lowest BCUT2D eigenvalue weighted by Crippen LogP contribution is -2.17. The van der Waals surface area contributed by atoms with Crippen LogP contribution >= 0.6 is 0 Å². The second-order valence-corrected chi connectivity index (χ2v) is 4.97. The molecule has 0 aliphatic heterocycles. The Hall–Kier alpha value is -2.15. The van der Waals surface area contributed by atoms with E-state index in [1.54, 1.807) is 6.07 Å². The molecule has 118 valence electrons. The number of aryl methyl sites for hydroxylation is 2. The molecule has 2 rings (SSSR count). The van der Waals surface area contributed by atoms with Crippen LogP contribution in [0.25, 0.3) is 11.3 Å². The molecule has 1 heterocycles. The summed E-state index contributed by atoms with van der Waals surface area (Å²) in [5, 5.41) is 2.70. The highest BCUT2D eigenvalue weighted by Crippen LogP contribution is 2.31. The van der Waals surface area contributed by atoms with Crippen molar-refractivity contribution in [2.75, 3.05) is 18.4 Å². The number of alkyl halides is 3. The summed E-state index contributed by atoms with van der Waals surface area (Å²) < 4.78 is 39.0. The molecule has 0 aliphatic rings. The third-order valence-electron chi connectivity index (χ3n) is 3.25. The van der Waals surface area contributed by atoms with Gasteiger partial charge >= 0.3 is 6.18 Å². The molecule has 0 aliphatic carbocycles. The zero-order valence-corrected chi connectivity index (χ0v) is 12.3. The number of nitrogens with one attached hydrogen (secondary N) is 1. The average Bonchev–Trinajstić information content (AvgIpc) is 2.46. The van der Waals surface area contributed by atoms with Gasteiger partial charge in [0.05, 0.1) is 5.69 Å². The van der Waals surface area contributed by atoms with Gasteiger partial charge in [-0.2, -0.15) is 13.2 Å². The number of nitrogens with two attached hydrogens (primary N) is 1. The quantitative estimate of drug-likeness (QED) is 0.910. The molecular weight excluding hydrogens is 293 g/mol. The van der Waals surface area contributed by atoms with E-state index in [1.807, 2.05) is 26.0 Å². The van der Waals surface area contributed by atoms with Crippen LogP contribution in [0.4, 0.5) is 19.1 Å². The average molecular weight is 310 g/mol. The van der Waals surface area contributed by atoms with Gasteiger partial charge in [0.15, 0.2) is 5.69 Å². The number of hydrogen-bond donors (Lipinski definition) is 2. The number of halogens is 3. The number of nitrogens with zero attached hydrogens (tertiary/aromatic N) is 2. The number of hydrogen-bond acceptors (Lipinski definition) is 4. The Balaban J connectivity index is 2.51. The molecule has 0 radical (unpaired) electrons. The smallest absolute Gasteiger partial charge is 0.353 e. The third-order valence-corrected chi connectivity index (χ3v) is 3.25. The van der Waals surface area contributed by atoms with Gasteiger partial charge in [0, 0.05) is 18.7 Å². The summed E-state index contributed by atoms with van der Waals surface area (Å²) in [6.45, 7) is 4.42. The summed E-state index contributed by atoms with van der Waals surface area (Å²) in [7, 11) is 0. The van der Waals surface area contributed by atoms with Crippen LogP contribution in [-0.2, 0) is 6.18 Å². The molecule has 0 bridgehead atoms. The van der Waals surface area contributed by atoms with Crippen LogP contribution in [-0.4, -0.2) is 23.1 Å². The monoisotopic (exact) mass is 310 g/mol. The second-order valence-electron chi connectivity index (χ2n) is 4.97. The van der Waals surface area contributed by atoms with Gasteiger partial charge in [-0.05, 0) is 37.1 Å². The Morgan fingerprint density at radius 1 is 1.09 bits per heavy atom. The van der Waals surface area contributed by atoms with E-state index in [-0.39, 0.29) is 18.2 Å². The highest BCUT2D eigenvalue weighted by Gasteiger charge is 2.33. The van der Waals surface area contributed by atoms with E-state index >= 15 is 0 Å². The predicted molar refractivity (Wildman–Crippen MR) is 79.5 cm³/mol. The minimum atomic E-state index is -4.53. The fourth-order valence-electron chi connectivity index (χ4n) is 1.90. The van der Waals surface area contributed by atoms with Crippen molar-refractivity contribution in [3.8, 4) is 11.3 Å². The maximum Gasteiger partial charge on any atom is 0.433 e. The summed E-state index contributed by atoms with van der Waals surface area (Å²) in [5.74, 6) is -0.0755. The van der Waals surface area contributed by atoms with Crippen molar-refractivity contribution in [1.82, 2.24) is 9.97 Å². The summed E-state index contributed by atoms with van der Waals surface area (Å²) >= 11 is 0. The zero-order valence-electron chi connectivity index (χ0n) is 12.3. The number of rotatable bonds is 4. The number of aromatic nitrogens is 2. The first-order valence-electron chi connectivity index (χ1n) is 6.79. The van der Waals surface area contributed by atoms with Crippen molar-refractivity contribution in [3.63, 3.8) is 0 Å². The van der Waals surface area contributed by atoms with Crippen molar-refractivity contribution in [2.45, 2.75) is 20.0 Å². The van der Waals surface area contributed by atoms with Gasteiger partial charge in [0.25, 0.3) is 0 Å². The Morgan fingerprint density at radius 3 is 2.41 bits per heavy atom. The molecule has 3 N–H and O–H groups in total. The van der Waals surface area contributed by atoms with E-state index in [0.717, 1.165) is 17.2 Å². The Labute approximate surface area is 126 Å². The summed E-state index contributed by atoms with van der Waals surface area (Å²) in [6, 6.07) is 6.37. The van der Waals surface area contributed by atoms with Crippen LogP contribution < -0.4 is 11.1 Å². The maximum atomic E-state index is 13.0. The highest BCUT2D eigenvalue weighted by atomic mass is 19.4. The third kappa shape index (κ3) is 3.73. The van der Waals surface area contributed by atoms with E-state index in [9.17, 15) is 13.2 Å².